The number of rotatable bonds is 1. The molecule has 2 rings (SSSR count). The van der Waals surface area contributed by atoms with Crippen LogP contribution in [0.15, 0.2) is 23.5 Å². The van der Waals surface area contributed by atoms with Crippen molar-refractivity contribution in [2.24, 2.45) is 12.2 Å². The molecular formula is C6H6IN5O. The van der Waals surface area contributed by atoms with Crippen molar-refractivity contribution in [2.75, 3.05) is 0 Å². The number of fused-ring (bicyclic) bond motifs is 1. The van der Waals surface area contributed by atoms with Crippen molar-refractivity contribution in [3.63, 3.8) is 0 Å². The lowest BCUT2D eigenvalue weighted by molar-refractivity contribution is 0.416. The summed E-state index contributed by atoms with van der Waals surface area (Å²) in [5.74, 6) is 0. The summed E-state index contributed by atoms with van der Waals surface area (Å²) in [6.07, 6.45) is 1.67. The van der Waals surface area contributed by atoms with E-state index in [-0.39, 0.29) is 0 Å². The van der Waals surface area contributed by atoms with Crippen LogP contribution in [0.4, 0.5) is 0 Å². The van der Waals surface area contributed by atoms with E-state index in [9.17, 15) is 0 Å². The summed E-state index contributed by atoms with van der Waals surface area (Å²) in [4.78, 5) is 0. The van der Waals surface area contributed by atoms with Gasteiger partial charge in [-0.05, 0) is 17.3 Å². The van der Waals surface area contributed by atoms with E-state index < -0.39 is 0 Å². The van der Waals surface area contributed by atoms with Crippen LogP contribution in [0.1, 0.15) is 0 Å². The lowest BCUT2D eigenvalue weighted by Crippen LogP contribution is -2.21. The molecule has 0 aliphatic carbocycles. The van der Waals surface area contributed by atoms with Crippen molar-refractivity contribution < 1.29 is 3.17 Å². The molecule has 0 unspecified atom stereocenters. The van der Waals surface area contributed by atoms with Crippen molar-refractivity contribution in [3.05, 3.63) is 23.9 Å². The van der Waals surface area contributed by atoms with Crippen molar-refractivity contribution in [1.29, 1.82) is 0 Å². The van der Waals surface area contributed by atoms with E-state index in [1.165, 1.54) is 0 Å². The highest BCUT2D eigenvalue weighted by atomic mass is 127. The molecule has 2 aromatic rings. The van der Waals surface area contributed by atoms with Crippen LogP contribution < -0.4 is 5.62 Å². The molecule has 0 radical (unpaired) electrons. The third-order valence-electron chi connectivity index (χ3n) is 1.58. The maximum absolute atomic E-state index is 4.65. The highest BCUT2D eigenvalue weighted by molar-refractivity contribution is 14.1. The Morgan fingerprint density at radius 3 is 3.23 bits per heavy atom. The largest absolute Gasteiger partial charge is 0.323 e. The van der Waals surface area contributed by atoms with E-state index >= 15 is 0 Å². The summed E-state index contributed by atoms with van der Waals surface area (Å²) < 4.78 is 7.84. The Hall–Kier alpha value is -1.12. The van der Waals surface area contributed by atoms with Crippen molar-refractivity contribution in [2.45, 2.75) is 0 Å². The van der Waals surface area contributed by atoms with Gasteiger partial charge in [0.15, 0.2) is 5.65 Å². The van der Waals surface area contributed by atoms with E-state index in [0.717, 1.165) is 5.65 Å². The number of nitrogens with zero attached hydrogens (tertiary/aromatic N) is 5. The van der Waals surface area contributed by atoms with Crippen LogP contribution in [-0.4, -0.2) is 19.4 Å². The van der Waals surface area contributed by atoms with Gasteiger partial charge in [0.2, 0.25) is 23.0 Å². The van der Waals surface area contributed by atoms with Gasteiger partial charge >= 0.3 is 0 Å². The molecule has 0 saturated heterocycles. The maximum Gasteiger partial charge on any atom is 0.286 e. The summed E-state index contributed by atoms with van der Waals surface area (Å²) in [6.45, 7) is 0. The number of hydrogen-bond donors (Lipinski definition) is 0. The van der Waals surface area contributed by atoms with Crippen LogP contribution in [0.2, 0.25) is 0 Å². The van der Waals surface area contributed by atoms with Gasteiger partial charge in [-0.15, -0.1) is 5.10 Å². The SMILES string of the molecule is Cn1nc2cccnn2/c1=N/OI. The Kier molecular flexibility index (Phi) is 2.17. The van der Waals surface area contributed by atoms with E-state index in [1.54, 1.807) is 45.4 Å². The number of aryl methyl sites for hydroxylation is 1. The zero-order valence-electron chi connectivity index (χ0n) is 6.75. The fraction of sp³-hybridized carbons (Fsp3) is 0.167. The average molecular weight is 291 g/mol. The number of aromatic nitrogens is 4. The zero-order chi connectivity index (χ0) is 9.26. The predicted molar refractivity (Wildman–Crippen MR) is 52.6 cm³/mol. The van der Waals surface area contributed by atoms with E-state index in [4.69, 9.17) is 0 Å². The minimum absolute atomic E-state index is 0.546. The second-order valence-electron chi connectivity index (χ2n) is 2.38. The molecule has 0 amide bonds. The fourth-order valence-electron chi connectivity index (χ4n) is 1.06. The lowest BCUT2D eigenvalue weighted by Gasteiger charge is -1.87. The van der Waals surface area contributed by atoms with Gasteiger partial charge in [0.1, 0.15) is 0 Å². The van der Waals surface area contributed by atoms with Crippen molar-refractivity contribution in [1.82, 2.24) is 19.4 Å². The minimum atomic E-state index is 0.546. The first-order valence-electron chi connectivity index (χ1n) is 3.52. The Bertz CT molecular complexity index is 487. The molecule has 0 fully saturated rings. The second-order valence-corrected chi connectivity index (χ2v) is 2.77. The molecule has 0 bridgehead atoms. The third kappa shape index (κ3) is 1.39. The highest BCUT2D eigenvalue weighted by Crippen LogP contribution is 1.91. The molecule has 7 heteroatoms. The zero-order valence-corrected chi connectivity index (χ0v) is 8.91. The van der Waals surface area contributed by atoms with Crippen LogP contribution in [0, 0.1) is 0 Å². The highest BCUT2D eigenvalue weighted by Gasteiger charge is 2.01. The van der Waals surface area contributed by atoms with Crippen molar-refractivity contribution >= 4 is 28.7 Å². The van der Waals surface area contributed by atoms with Gasteiger partial charge in [0.05, 0.1) is 0 Å². The molecule has 13 heavy (non-hydrogen) atoms. The molecule has 0 spiro atoms. The number of hydrogen-bond acceptors (Lipinski definition) is 4. The smallest absolute Gasteiger partial charge is 0.286 e. The molecule has 0 aromatic carbocycles. The molecule has 6 nitrogen and oxygen atoms in total. The summed E-state index contributed by atoms with van der Waals surface area (Å²) >= 11 is 1.69. The Morgan fingerprint density at radius 2 is 2.46 bits per heavy atom. The normalized spacial score (nSPS) is 12.3. The van der Waals surface area contributed by atoms with Crippen LogP contribution >= 0.6 is 23.0 Å². The summed E-state index contributed by atoms with van der Waals surface area (Å²) in [5, 5.41) is 12.0. The van der Waals surface area contributed by atoms with Crippen LogP contribution in [0.25, 0.3) is 5.65 Å². The van der Waals surface area contributed by atoms with E-state index in [1.807, 2.05) is 12.1 Å². The van der Waals surface area contributed by atoms with Gasteiger partial charge in [-0.25, -0.2) is 4.68 Å². The van der Waals surface area contributed by atoms with Gasteiger partial charge in [0.25, 0.3) is 5.62 Å². The topological polar surface area (TPSA) is 56.7 Å². The predicted octanol–water partition coefficient (Wildman–Crippen LogP) is 0.250. The van der Waals surface area contributed by atoms with Gasteiger partial charge in [-0.1, -0.05) is 0 Å². The number of halogens is 1. The summed E-state index contributed by atoms with van der Waals surface area (Å²) in [7, 11) is 1.78. The minimum Gasteiger partial charge on any atom is -0.323 e. The van der Waals surface area contributed by atoms with E-state index in [2.05, 4.69) is 18.5 Å². The quantitative estimate of drug-likeness (QED) is 0.559. The van der Waals surface area contributed by atoms with Gasteiger partial charge in [-0.3, -0.25) is 0 Å². The molecule has 68 valence electrons. The average Bonchev–Trinajstić information content (AvgIpc) is 2.44. The molecule has 2 heterocycles. The van der Waals surface area contributed by atoms with Crippen LogP contribution in [0.5, 0.6) is 0 Å². The summed E-state index contributed by atoms with van der Waals surface area (Å²) in [6, 6.07) is 3.66. The van der Waals surface area contributed by atoms with Gasteiger partial charge in [-0.2, -0.15) is 9.61 Å². The standard InChI is InChI=1S/C6H6IN5O/c1-11-6(10-13-7)12-5(9-11)3-2-4-8-12/h2-4H,1H3/b10-6+. The Morgan fingerprint density at radius 1 is 1.62 bits per heavy atom. The molecule has 0 N–H and O–H groups in total. The molecule has 0 aliphatic rings. The fourth-order valence-corrected chi connectivity index (χ4v) is 1.23. The van der Waals surface area contributed by atoms with Crippen LogP contribution in [-0.2, 0) is 10.2 Å². The first kappa shape index (κ1) is 8.48. The maximum atomic E-state index is 4.65. The molecule has 2 aromatic heterocycles. The van der Waals surface area contributed by atoms with Crippen molar-refractivity contribution in [3.8, 4) is 0 Å². The first-order valence-corrected chi connectivity index (χ1v) is 4.40. The Balaban J connectivity index is 2.87. The third-order valence-corrected chi connectivity index (χ3v) is 1.77. The van der Waals surface area contributed by atoms with Gasteiger partial charge < -0.3 is 3.17 Å². The molecule has 0 atom stereocenters. The van der Waals surface area contributed by atoms with E-state index in [0.29, 0.717) is 5.62 Å². The van der Waals surface area contributed by atoms with Gasteiger partial charge in [0, 0.05) is 13.2 Å². The lowest BCUT2D eigenvalue weighted by atomic mass is 10.6. The Labute approximate surface area is 87.5 Å². The summed E-state index contributed by atoms with van der Waals surface area (Å²) in [5.41, 5.74) is 1.28. The monoisotopic (exact) mass is 291 g/mol. The second kappa shape index (κ2) is 3.32. The molecule has 0 aliphatic heterocycles. The molecule has 0 saturated carbocycles. The molecular weight excluding hydrogens is 285 g/mol. The first-order chi connectivity index (χ1) is 6.33. The van der Waals surface area contributed by atoms with Crippen LogP contribution in [0.3, 0.4) is 0 Å².